The molecule has 1 amide bonds. The van der Waals surface area contributed by atoms with Gasteiger partial charge in [0, 0.05) is 24.5 Å². The Balaban J connectivity index is 1.98. The minimum absolute atomic E-state index is 0.0473. The zero-order valence-electron chi connectivity index (χ0n) is 13.2. The fourth-order valence-corrected chi connectivity index (χ4v) is 2.88. The standard InChI is InChI=1S/C17H27N3O/c1-3-10-18-14-9-11-19-16(12-14)17(21)20-15-8-6-4-5-7-13(15)2/h9,11-13,15H,3-8,10H2,1-2H3,(H,18,19)(H,20,21). The molecular weight excluding hydrogens is 262 g/mol. The van der Waals surface area contributed by atoms with Gasteiger partial charge in [0.15, 0.2) is 0 Å². The summed E-state index contributed by atoms with van der Waals surface area (Å²) in [6, 6.07) is 4.03. The Bertz CT molecular complexity index is 461. The van der Waals surface area contributed by atoms with Gasteiger partial charge in [0.25, 0.3) is 5.91 Å². The van der Waals surface area contributed by atoms with Gasteiger partial charge in [-0.3, -0.25) is 9.78 Å². The molecule has 0 saturated heterocycles. The van der Waals surface area contributed by atoms with E-state index in [2.05, 4.69) is 29.5 Å². The molecule has 1 fully saturated rings. The first-order valence-corrected chi connectivity index (χ1v) is 8.21. The molecule has 0 aliphatic heterocycles. The average molecular weight is 289 g/mol. The van der Waals surface area contributed by atoms with Gasteiger partial charge in [0.2, 0.25) is 0 Å². The first kappa shape index (κ1) is 15.8. The Hall–Kier alpha value is -1.58. The summed E-state index contributed by atoms with van der Waals surface area (Å²) in [5, 5.41) is 6.47. The minimum Gasteiger partial charge on any atom is -0.385 e. The lowest BCUT2D eigenvalue weighted by atomic mass is 9.97. The van der Waals surface area contributed by atoms with E-state index >= 15 is 0 Å². The lowest BCUT2D eigenvalue weighted by Crippen LogP contribution is -2.39. The molecule has 2 N–H and O–H groups in total. The molecule has 2 rings (SSSR count). The number of carbonyl (C=O) groups excluding carboxylic acids is 1. The molecule has 1 saturated carbocycles. The SMILES string of the molecule is CCCNc1ccnc(C(=O)NC2CCCCCC2C)c1. The average Bonchev–Trinajstić information content (AvgIpc) is 2.70. The monoisotopic (exact) mass is 289 g/mol. The minimum atomic E-state index is -0.0473. The van der Waals surface area contributed by atoms with Crippen LogP contribution in [0.1, 0.15) is 62.9 Å². The van der Waals surface area contributed by atoms with Crippen molar-refractivity contribution in [2.24, 2.45) is 5.92 Å². The van der Waals surface area contributed by atoms with E-state index < -0.39 is 0 Å². The van der Waals surface area contributed by atoms with Crippen LogP contribution in [0.5, 0.6) is 0 Å². The van der Waals surface area contributed by atoms with E-state index in [-0.39, 0.29) is 11.9 Å². The van der Waals surface area contributed by atoms with Crippen LogP contribution in [0.15, 0.2) is 18.3 Å². The molecule has 4 heteroatoms. The van der Waals surface area contributed by atoms with Crippen LogP contribution in [0.3, 0.4) is 0 Å². The Morgan fingerprint density at radius 1 is 1.33 bits per heavy atom. The number of anilines is 1. The Labute approximate surface area is 127 Å². The van der Waals surface area contributed by atoms with E-state index in [4.69, 9.17) is 0 Å². The summed E-state index contributed by atoms with van der Waals surface area (Å²) < 4.78 is 0. The van der Waals surface area contributed by atoms with Crippen molar-refractivity contribution in [2.45, 2.75) is 58.4 Å². The molecule has 4 nitrogen and oxygen atoms in total. The van der Waals surface area contributed by atoms with E-state index in [1.165, 1.54) is 25.7 Å². The third-order valence-electron chi connectivity index (χ3n) is 4.25. The molecule has 0 bridgehead atoms. The number of hydrogen-bond donors (Lipinski definition) is 2. The van der Waals surface area contributed by atoms with Crippen LogP contribution in [0.4, 0.5) is 5.69 Å². The predicted molar refractivity (Wildman–Crippen MR) is 86.5 cm³/mol. The number of aromatic nitrogens is 1. The second-order valence-electron chi connectivity index (χ2n) is 6.05. The molecule has 0 spiro atoms. The lowest BCUT2D eigenvalue weighted by molar-refractivity contribution is 0.0916. The van der Waals surface area contributed by atoms with Crippen molar-refractivity contribution in [1.82, 2.24) is 10.3 Å². The van der Waals surface area contributed by atoms with Crippen LogP contribution in [-0.4, -0.2) is 23.5 Å². The van der Waals surface area contributed by atoms with Gasteiger partial charge in [-0.2, -0.15) is 0 Å². The highest BCUT2D eigenvalue weighted by atomic mass is 16.1. The Kier molecular flexibility index (Phi) is 6.03. The number of rotatable bonds is 5. The molecule has 0 aromatic carbocycles. The highest BCUT2D eigenvalue weighted by Gasteiger charge is 2.22. The predicted octanol–water partition coefficient (Wildman–Crippen LogP) is 3.60. The molecule has 0 radical (unpaired) electrons. The van der Waals surface area contributed by atoms with Gasteiger partial charge in [-0.25, -0.2) is 0 Å². The van der Waals surface area contributed by atoms with Gasteiger partial charge in [-0.05, 0) is 37.3 Å². The van der Waals surface area contributed by atoms with Crippen LogP contribution < -0.4 is 10.6 Å². The van der Waals surface area contributed by atoms with Gasteiger partial charge >= 0.3 is 0 Å². The maximum absolute atomic E-state index is 12.4. The first-order chi connectivity index (χ1) is 10.2. The quantitative estimate of drug-likeness (QED) is 0.814. The van der Waals surface area contributed by atoms with E-state index in [0.29, 0.717) is 11.6 Å². The van der Waals surface area contributed by atoms with E-state index in [1.54, 1.807) is 6.20 Å². The van der Waals surface area contributed by atoms with Gasteiger partial charge in [-0.1, -0.05) is 33.1 Å². The van der Waals surface area contributed by atoms with Crippen molar-refractivity contribution in [1.29, 1.82) is 0 Å². The zero-order chi connectivity index (χ0) is 15.1. The highest BCUT2D eigenvalue weighted by Crippen LogP contribution is 2.23. The van der Waals surface area contributed by atoms with E-state index in [1.807, 2.05) is 12.1 Å². The number of pyridine rings is 1. The van der Waals surface area contributed by atoms with Crippen LogP contribution >= 0.6 is 0 Å². The topological polar surface area (TPSA) is 54.0 Å². The molecule has 1 aromatic heterocycles. The van der Waals surface area contributed by atoms with Crippen LogP contribution in [0.2, 0.25) is 0 Å². The molecule has 2 atom stereocenters. The fraction of sp³-hybridized carbons (Fsp3) is 0.647. The number of nitrogens with one attached hydrogen (secondary N) is 2. The smallest absolute Gasteiger partial charge is 0.270 e. The van der Waals surface area contributed by atoms with Gasteiger partial charge in [0.1, 0.15) is 5.69 Å². The zero-order valence-corrected chi connectivity index (χ0v) is 13.2. The lowest BCUT2D eigenvalue weighted by Gasteiger charge is -2.22. The molecule has 1 aliphatic rings. The number of nitrogens with zero attached hydrogens (tertiary/aromatic N) is 1. The molecular formula is C17H27N3O. The van der Waals surface area contributed by atoms with Crippen LogP contribution in [0.25, 0.3) is 0 Å². The summed E-state index contributed by atoms with van der Waals surface area (Å²) in [6.45, 7) is 5.27. The summed E-state index contributed by atoms with van der Waals surface area (Å²) in [5.41, 5.74) is 1.47. The van der Waals surface area contributed by atoms with Gasteiger partial charge < -0.3 is 10.6 Å². The summed E-state index contributed by atoms with van der Waals surface area (Å²) in [5.74, 6) is 0.506. The number of hydrogen-bond acceptors (Lipinski definition) is 3. The second kappa shape index (κ2) is 8.01. The molecule has 1 heterocycles. The summed E-state index contributed by atoms with van der Waals surface area (Å²) in [7, 11) is 0. The normalized spacial score (nSPS) is 22.4. The van der Waals surface area contributed by atoms with Crippen molar-refractivity contribution >= 4 is 11.6 Å². The first-order valence-electron chi connectivity index (χ1n) is 8.21. The van der Waals surface area contributed by atoms with Crippen molar-refractivity contribution in [3.8, 4) is 0 Å². The van der Waals surface area contributed by atoms with Crippen molar-refractivity contribution in [2.75, 3.05) is 11.9 Å². The van der Waals surface area contributed by atoms with Gasteiger partial charge in [-0.15, -0.1) is 0 Å². The number of carbonyl (C=O) groups is 1. The second-order valence-corrected chi connectivity index (χ2v) is 6.05. The molecule has 1 aliphatic carbocycles. The fourth-order valence-electron chi connectivity index (χ4n) is 2.88. The van der Waals surface area contributed by atoms with Crippen LogP contribution in [0, 0.1) is 5.92 Å². The van der Waals surface area contributed by atoms with E-state index in [9.17, 15) is 4.79 Å². The maximum atomic E-state index is 12.4. The van der Waals surface area contributed by atoms with E-state index in [0.717, 1.165) is 25.1 Å². The molecule has 1 aromatic rings. The summed E-state index contributed by atoms with van der Waals surface area (Å²) in [4.78, 5) is 16.6. The van der Waals surface area contributed by atoms with Crippen molar-refractivity contribution in [3.63, 3.8) is 0 Å². The summed E-state index contributed by atoms with van der Waals surface area (Å²) >= 11 is 0. The van der Waals surface area contributed by atoms with Crippen molar-refractivity contribution in [3.05, 3.63) is 24.0 Å². The number of amides is 1. The maximum Gasteiger partial charge on any atom is 0.270 e. The molecule has 21 heavy (non-hydrogen) atoms. The van der Waals surface area contributed by atoms with Gasteiger partial charge in [0.05, 0.1) is 0 Å². The Morgan fingerprint density at radius 3 is 2.95 bits per heavy atom. The third-order valence-corrected chi connectivity index (χ3v) is 4.25. The van der Waals surface area contributed by atoms with Crippen molar-refractivity contribution < 1.29 is 4.79 Å². The largest absolute Gasteiger partial charge is 0.385 e. The third kappa shape index (κ3) is 4.73. The highest BCUT2D eigenvalue weighted by molar-refractivity contribution is 5.93. The molecule has 2 unspecified atom stereocenters. The molecule has 116 valence electrons. The summed E-state index contributed by atoms with van der Waals surface area (Å²) in [6.07, 6.45) is 8.82. The Morgan fingerprint density at radius 2 is 2.14 bits per heavy atom. The van der Waals surface area contributed by atoms with Crippen LogP contribution in [-0.2, 0) is 0 Å².